The summed E-state index contributed by atoms with van der Waals surface area (Å²) in [4.78, 5) is 27.8. The van der Waals surface area contributed by atoms with Crippen molar-refractivity contribution >= 4 is 34.4 Å². The van der Waals surface area contributed by atoms with Crippen LogP contribution in [0.2, 0.25) is 0 Å². The Morgan fingerprint density at radius 2 is 1.87 bits per heavy atom. The van der Waals surface area contributed by atoms with Crippen LogP contribution in [-0.2, 0) is 14.3 Å². The molecule has 1 atom stereocenters. The average molecular weight is 549 g/mol. The summed E-state index contributed by atoms with van der Waals surface area (Å²) in [7, 11) is 1.49. The zero-order valence-electron chi connectivity index (χ0n) is 21.2. The summed E-state index contributed by atoms with van der Waals surface area (Å²) in [5.41, 5.74) is -0.366. The third-order valence-corrected chi connectivity index (χ3v) is 6.29. The number of ether oxygens (including phenoxy) is 2. The molecule has 1 unspecified atom stereocenters. The van der Waals surface area contributed by atoms with Gasteiger partial charge < -0.3 is 14.6 Å². The first-order chi connectivity index (χ1) is 18.0. The Kier molecular flexibility index (Phi) is 9.78. The minimum absolute atomic E-state index is 0.0382. The molecule has 0 aliphatic carbocycles. The Morgan fingerprint density at radius 3 is 2.47 bits per heavy atom. The summed E-state index contributed by atoms with van der Waals surface area (Å²) in [5.74, 6) is -4.88. The molecular weight excluding hydrogens is 521 g/mol. The van der Waals surface area contributed by atoms with E-state index in [0.717, 1.165) is 29.5 Å². The van der Waals surface area contributed by atoms with E-state index in [9.17, 15) is 18.4 Å². The number of nitrogens with zero attached hydrogens (tertiary/aromatic N) is 1. The maximum atomic E-state index is 15.4. The minimum atomic E-state index is -1.33. The Labute approximate surface area is 221 Å². The van der Waals surface area contributed by atoms with Gasteiger partial charge in [-0.2, -0.15) is 0 Å². The van der Waals surface area contributed by atoms with Gasteiger partial charge in [0.2, 0.25) is 0 Å². The molecule has 3 aromatic rings. The number of thiazole rings is 1. The van der Waals surface area contributed by atoms with E-state index in [0.29, 0.717) is 18.6 Å². The van der Waals surface area contributed by atoms with Crippen molar-refractivity contribution in [3.63, 3.8) is 0 Å². The highest BCUT2D eigenvalue weighted by atomic mass is 32.1. The lowest BCUT2D eigenvalue weighted by Gasteiger charge is -2.18. The number of carboxylic acids is 1. The van der Waals surface area contributed by atoms with Crippen molar-refractivity contribution < 1.29 is 37.3 Å². The molecule has 202 valence electrons. The molecule has 0 saturated carbocycles. The number of halogens is 3. The number of nitrogens with one attached hydrogen (secondary N) is 1. The van der Waals surface area contributed by atoms with Crippen LogP contribution < -0.4 is 5.32 Å². The fourth-order valence-corrected chi connectivity index (χ4v) is 4.27. The number of amides is 1. The standard InChI is InChI=1S/C27H27F3N2O5S/c1-14(2)37-9-8-23(36-4)18-7-5-6-17(24(18)30)22-13-38-27(31-22)32-25(33)16-11-20(28)19(21(29)12-16)10-15(3)26(34)35/h5-7,10-14,23H,8-9H2,1-4H3,(H,34,35)(H,31,32,33). The van der Waals surface area contributed by atoms with Crippen molar-refractivity contribution in [3.05, 3.63) is 75.4 Å². The van der Waals surface area contributed by atoms with Crippen LogP contribution in [0.5, 0.6) is 0 Å². The molecule has 0 fully saturated rings. The lowest BCUT2D eigenvalue weighted by Crippen LogP contribution is -2.13. The summed E-state index contributed by atoms with van der Waals surface area (Å²) in [5, 5.41) is 13.0. The molecule has 0 radical (unpaired) electrons. The summed E-state index contributed by atoms with van der Waals surface area (Å²) < 4.78 is 55.3. The van der Waals surface area contributed by atoms with Crippen LogP contribution in [0, 0.1) is 17.5 Å². The lowest BCUT2D eigenvalue weighted by molar-refractivity contribution is -0.132. The molecule has 2 N–H and O–H groups in total. The molecule has 0 spiro atoms. The van der Waals surface area contributed by atoms with Gasteiger partial charge in [0.15, 0.2) is 5.13 Å². The van der Waals surface area contributed by atoms with Gasteiger partial charge in [-0.1, -0.05) is 12.1 Å². The summed E-state index contributed by atoms with van der Waals surface area (Å²) in [6.45, 7) is 5.40. The normalized spacial score (nSPS) is 12.6. The van der Waals surface area contributed by atoms with Gasteiger partial charge in [-0.05, 0) is 45.0 Å². The van der Waals surface area contributed by atoms with Crippen molar-refractivity contribution in [2.45, 2.75) is 39.4 Å². The van der Waals surface area contributed by atoms with Gasteiger partial charge >= 0.3 is 5.97 Å². The van der Waals surface area contributed by atoms with Crippen molar-refractivity contribution in [2.24, 2.45) is 0 Å². The lowest BCUT2D eigenvalue weighted by atomic mass is 10.0. The van der Waals surface area contributed by atoms with Crippen molar-refractivity contribution in [2.75, 3.05) is 19.0 Å². The van der Waals surface area contributed by atoms with Gasteiger partial charge in [-0.25, -0.2) is 22.9 Å². The largest absolute Gasteiger partial charge is 0.478 e. The van der Waals surface area contributed by atoms with E-state index in [2.05, 4.69) is 10.3 Å². The van der Waals surface area contributed by atoms with Gasteiger partial charge in [0, 0.05) is 53.3 Å². The second-order valence-corrected chi connectivity index (χ2v) is 9.48. The molecule has 0 aliphatic rings. The molecule has 1 amide bonds. The van der Waals surface area contributed by atoms with E-state index in [1.165, 1.54) is 14.0 Å². The van der Waals surface area contributed by atoms with Gasteiger partial charge in [0.1, 0.15) is 17.5 Å². The second-order valence-electron chi connectivity index (χ2n) is 8.62. The van der Waals surface area contributed by atoms with Crippen molar-refractivity contribution in [1.29, 1.82) is 0 Å². The second kappa shape index (κ2) is 12.8. The van der Waals surface area contributed by atoms with Crippen LogP contribution in [0.25, 0.3) is 17.3 Å². The van der Waals surface area contributed by atoms with E-state index in [4.69, 9.17) is 14.6 Å². The zero-order valence-corrected chi connectivity index (χ0v) is 22.0. The molecule has 11 heteroatoms. The first-order valence-corrected chi connectivity index (χ1v) is 12.5. The quantitative estimate of drug-likeness (QED) is 0.267. The Hall–Kier alpha value is -3.54. The maximum Gasteiger partial charge on any atom is 0.331 e. The molecule has 1 aromatic heterocycles. The molecule has 7 nitrogen and oxygen atoms in total. The number of hydrogen-bond donors (Lipinski definition) is 2. The number of anilines is 1. The van der Waals surface area contributed by atoms with Crippen LogP contribution in [0.3, 0.4) is 0 Å². The highest BCUT2D eigenvalue weighted by Crippen LogP contribution is 2.33. The number of rotatable bonds is 11. The predicted molar refractivity (Wildman–Crippen MR) is 139 cm³/mol. The number of aliphatic carboxylic acids is 1. The topological polar surface area (TPSA) is 97.8 Å². The van der Waals surface area contributed by atoms with Crippen LogP contribution >= 0.6 is 11.3 Å². The molecule has 38 heavy (non-hydrogen) atoms. The Bertz CT molecular complexity index is 1330. The first kappa shape index (κ1) is 29.0. The predicted octanol–water partition coefficient (Wildman–Crippen LogP) is 6.47. The van der Waals surface area contributed by atoms with Gasteiger partial charge in [0.25, 0.3) is 5.91 Å². The third kappa shape index (κ3) is 7.06. The average Bonchev–Trinajstić information content (AvgIpc) is 3.32. The van der Waals surface area contributed by atoms with E-state index >= 15 is 4.39 Å². The Morgan fingerprint density at radius 1 is 1.18 bits per heavy atom. The fourth-order valence-electron chi connectivity index (χ4n) is 3.56. The molecular formula is C27H27F3N2O5S. The molecule has 0 aliphatic heterocycles. The Balaban J connectivity index is 1.79. The number of methoxy groups -OCH3 is 1. The van der Waals surface area contributed by atoms with Gasteiger partial charge in [-0.3, -0.25) is 10.1 Å². The molecule has 3 rings (SSSR count). The van der Waals surface area contributed by atoms with E-state index < -0.39 is 41.0 Å². The number of aromatic nitrogens is 1. The summed E-state index contributed by atoms with van der Waals surface area (Å²) in [6, 6.07) is 6.44. The third-order valence-electron chi connectivity index (χ3n) is 5.53. The van der Waals surface area contributed by atoms with Gasteiger partial charge in [0.05, 0.1) is 17.9 Å². The van der Waals surface area contributed by atoms with E-state index in [1.807, 2.05) is 13.8 Å². The highest BCUT2D eigenvalue weighted by molar-refractivity contribution is 7.14. The zero-order chi connectivity index (χ0) is 28.0. The minimum Gasteiger partial charge on any atom is -0.478 e. The van der Waals surface area contributed by atoms with Crippen molar-refractivity contribution in [1.82, 2.24) is 4.98 Å². The fraction of sp³-hybridized carbons (Fsp3) is 0.296. The van der Waals surface area contributed by atoms with E-state index in [1.54, 1.807) is 23.6 Å². The summed E-state index contributed by atoms with van der Waals surface area (Å²) >= 11 is 1.01. The number of benzene rings is 2. The molecule has 1 heterocycles. The maximum absolute atomic E-state index is 15.4. The number of carbonyl (C=O) groups is 2. The van der Waals surface area contributed by atoms with Crippen LogP contribution in [-0.4, -0.2) is 41.8 Å². The molecule has 2 aromatic carbocycles. The van der Waals surface area contributed by atoms with Crippen LogP contribution in [0.1, 0.15) is 54.8 Å². The monoisotopic (exact) mass is 548 g/mol. The SMILES string of the molecule is COC(CCOC(C)C)c1cccc(-c2csc(NC(=O)c3cc(F)c(C=C(C)C(=O)O)c(F)c3)n2)c1F. The molecule has 0 saturated heterocycles. The van der Waals surface area contributed by atoms with E-state index in [-0.39, 0.29) is 33.6 Å². The first-order valence-electron chi connectivity index (χ1n) is 11.6. The number of hydrogen-bond acceptors (Lipinski definition) is 6. The van der Waals surface area contributed by atoms with Crippen LogP contribution in [0.4, 0.5) is 18.3 Å². The summed E-state index contributed by atoms with van der Waals surface area (Å²) in [6.07, 6.45) is 0.797. The van der Waals surface area contributed by atoms with Gasteiger partial charge in [-0.15, -0.1) is 11.3 Å². The van der Waals surface area contributed by atoms with Crippen LogP contribution in [0.15, 0.2) is 41.3 Å². The number of carbonyl (C=O) groups excluding carboxylic acids is 1. The highest BCUT2D eigenvalue weighted by Gasteiger charge is 2.21. The molecule has 0 bridgehead atoms. The number of carboxylic acid groups (broad SMARTS) is 1. The van der Waals surface area contributed by atoms with Crippen molar-refractivity contribution in [3.8, 4) is 11.3 Å². The smallest absolute Gasteiger partial charge is 0.331 e.